The van der Waals surface area contributed by atoms with Gasteiger partial charge in [0.1, 0.15) is 5.82 Å². The summed E-state index contributed by atoms with van der Waals surface area (Å²) in [6, 6.07) is 18.2. The number of carbonyl (C=O) groups is 3. The van der Waals surface area contributed by atoms with E-state index in [0.29, 0.717) is 29.2 Å². The van der Waals surface area contributed by atoms with Crippen LogP contribution in [-0.2, 0) is 4.74 Å². The van der Waals surface area contributed by atoms with Gasteiger partial charge in [0.25, 0.3) is 17.7 Å². The van der Waals surface area contributed by atoms with Gasteiger partial charge >= 0.3 is 0 Å². The molecule has 2 aliphatic rings. The average molecular weight is 481 g/mol. The zero-order valence-electron chi connectivity index (χ0n) is 19.7. The maximum absolute atomic E-state index is 13.1. The molecular formula is C28H24N4O4. The topological polar surface area (TPSA) is 104 Å². The quantitative estimate of drug-likeness (QED) is 0.408. The SMILES string of the molecule is Cc1ccc(-c2nc3ccccc3[nH]2)cc1NC(=O)c1ccc2c(c1)C(=O)N(CC1CCCO1)C2=O. The number of imide groups is 1. The fourth-order valence-electron chi connectivity index (χ4n) is 4.78. The Labute approximate surface area is 207 Å². The number of hydrogen-bond acceptors (Lipinski definition) is 5. The molecule has 0 spiro atoms. The molecule has 8 nitrogen and oxygen atoms in total. The zero-order valence-corrected chi connectivity index (χ0v) is 19.7. The first kappa shape index (κ1) is 22.2. The zero-order chi connectivity index (χ0) is 24.8. The second kappa shape index (κ2) is 8.73. The fourth-order valence-corrected chi connectivity index (χ4v) is 4.78. The lowest BCUT2D eigenvalue weighted by Crippen LogP contribution is -2.36. The first-order valence-electron chi connectivity index (χ1n) is 12.0. The normalized spacial score (nSPS) is 17.1. The maximum Gasteiger partial charge on any atom is 0.261 e. The Morgan fingerprint density at radius 2 is 1.92 bits per heavy atom. The van der Waals surface area contributed by atoms with Crippen molar-refractivity contribution >= 4 is 34.4 Å². The summed E-state index contributed by atoms with van der Waals surface area (Å²) in [4.78, 5) is 48.1. The summed E-state index contributed by atoms with van der Waals surface area (Å²) in [5.41, 5.74) is 5.04. The van der Waals surface area contributed by atoms with Crippen molar-refractivity contribution in [1.29, 1.82) is 0 Å². The van der Waals surface area contributed by atoms with Crippen molar-refractivity contribution in [3.05, 3.63) is 82.9 Å². The van der Waals surface area contributed by atoms with Gasteiger partial charge in [-0.05, 0) is 61.7 Å². The number of rotatable bonds is 5. The van der Waals surface area contributed by atoms with Gasteiger partial charge in [-0.2, -0.15) is 0 Å². The number of imidazole rings is 1. The number of carbonyl (C=O) groups excluding carboxylic acids is 3. The minimum Gasteiger partial charge on any atom is -0.376 e. The molecule has 2 N–H and O–H groups in total. The molecule has 0 bridgehead atoms. The van der Waals surface area contributed by atoms with Crippen molar-refractivity contribution in [3.8, 4) is 11.4 Å². The van der Waals surface area contributed by atoms with E-state index in [4.69, 9.17) is 4.74 Å². The van der Waals surface area contributed by atoms with Crippen LogP contribution in [0.1, 0.15) is 49.5 Å². The van der Waals surface area contributed by atoms with Crippen LogP contribution in [0.4, 0.5) is 5.69 Å². The third-order valence-electron chi connectivity index (χ3n) is 6.79. The second-order valence-electron chi connectivity index (χ2n) is 9.20. The van der Waals surface area contributed by atoms with E-state index in [0.717, 1.165) is 35.0 Å². The van der Waals surface area contributed by atoms with Gasteiger partial charge in [-0.3, -0.25) is 19.3 Å². The van der Waals surface area contributed by atoms with Crippen LogP contribution in [0.2, 0.25) is 0 Å². The molecule has 4 aromatic rings. The van der Waals surface area contributed by atoms with E-state index in [1.54, 1.807) is 12.1 Å². The van der Waals surface area contributed by atoms with E-state index in [2.05, 4.69) is 15.3 Å². The molecule has 6 rings (SSSR count). The molecular weight excluding hydrogens is 456 g/mol. The molecule has 1 fully saturated rings. The summed E-state index contributed by atoms with van der Waals surface area (Å²) in [5, 5.41) is 2.95. The highest BCUT2D eigenvalue weighted by Crippen LogP contribution is 2.28. The number of aryl methyl sites for hydroxylation is 1. The Bertz CT molecular complexity index is 1500. The van der Waals surface area contributed by atoms with Crippen LogP contribution in [0.3, 0.4) is 0 Å². The Kier molecular flexibility index (Phi) is 5.38. The average Bonchev–Trinajstić information content (AvgIpc) is 3.61. The van der Waals surface area contributed by atoms with Gasteiger partial charge in [-0.15, -0.1) is 0 Å². The number of aromatic amines is 1. The number of aromatic nitrogens is 2. The number of nitrogens with zero attached hydrogens (tertiary/aromatic N) is 2. The van der Waals surface area contributed by atoms with Gasteiger partial charge in [0.05, 0.1) is 34.8 Å². The van der Waals surface area contributed by atoms with Crippen LogP contribution in [-0.4, -0.2) is 51.8 Å². The third-order valence-corrected chi connectivity index (χ3v) is 6.79. The molecule has 36 heavy (non-hydrogen) atoms. The molecule has 3 amide bonds. The minimum absolute atomic E-state index is 0.128. The number of anilines is 1. The molecule has 1 aromatic heterocycles. The standard InChI is InChI=1S/C28H24N4O4/c1-16-8-9-17(25-29-22-6-2-3-7-23(22)30-25)14-24(16)31-26(33)18-10-11-20-21(13-18)28(35)32(27(20)34)15-19-5-4-12-36-19/h2-3,6-11,13-14,19H,4-5,12,15H2,1H3,(H,29,30)(H,31,33). The number of fused-ring (bicyclic) bond motifs is 2. The number of nitrogens with one attached hydrogen (secondary N) is 2. The van der Waals surface area contributed by atoms with E-state index >= 15 is 0 Å². The van der Waals surface area contributed by atoms with Crippen molar-refractivity contribution in [3.63, 3.8) is 0 Å². The largest absolute Gasteiger partial charge is 0.376 e. The molecule has 2 aliphatic heterocycles. The Balaban J connectivity index is 1.24. The Hall–Kier alpha value is -4.30. The number of amides is 3. The molecule has 8 heteroatoms. The van der Waals surface area contributed by atoms with Gasteiger partial charge in [0, 0.05) is 23.4 Å². The highest BCUT2D eigenvalue weighted by Gasteiger charge is 2.38. The minimum atomic E-state index is -0.386. The van der Waals surface area contributed by atoms with E-state index in [9.17, 15) is 14.4 Å². The smallest absolute Gasteiger partial charge is 0.261 e. The van der Waals surface area contributed by atoms with Crippen LogP contribution >= 0.6 is 0 Å². The van der Waals surface area contributed by atoms with Crippen molar-refractivity contribution in [2.75, 3.05) is 18.5 Å². The molecule has 3 heterocycles. The molecule has 1 saturated heterocycles. The maximum atomic E-state index is 13.1. The lowest BCUT2D eigenvalue weighted by molar-refractivity contribution is 0.0475. The van der Waals surface area contributed by atoms with Gasteiger partial charge in [0.15, 0.2) is 0 Å². The van der Waals surface area contributed by atoms with Crippen molar-refractivity contribution in [2.45, 2.75) is 25.9 Å². The number of H-pyrrole nitrogens is 1. The van der Waals surface area contributed by atoms with E-state index < -0.39 is 0 Å². The number of hydrogen-bond donors (Lipinski definition) is 2. The first-order valence-corrected chi connectivity index (χ1v) is 12.0. The predicted molar refractivity (Wildman–Crippen MR) is 135 cm³/mol. The molecule has 1 atom stereocenters. The summed E-state index contributed by atoms with van der Waals surface area (Å²) in [6.07, 6.45) is 1.62. The molecule has 0 saturated carbocycles. The van der Waals surface area contributed by atoms with Gasteiger partial charge in [-0.25, -0.2) is 4.98 Å². The summed E-state index contributed by atoms with van der Waals surface area (Å²) >= 11 is 0. The number of benzene rings is 3. The number of ether oxygens (including phenoxy) is 1. The van der Waals surface area contributed by atoms with Crippen LogP contribution in [0.5, 0.6) is 0 Å². The molecule has 3 aromatic carbocycles. The van der Waals surface area contributed by atoms with Crippen LogP contribution < -0.4 is 5.32 Å². The van der Waals surface area contributed by atoms with Gasteiger partial charge in [-0.1, -0.05) is 24.3 Å². The van der Waals surface area contributed by atoms with Crippen LogP contribution in [0.15, 0.2) is 60.7 Å². The van der Waals surface area contributed by atoms with E-state index in [1.165, 1.54) is 11.0 Å². The molecule has 180 valence electrons. The Morgan fingerprint density at radius 1 is 1.08 bits per heavy atom. The van der Waals surface area contributed by atoms with E-state index in [-0.39, 0.29) is 35.9 Å². The van der Waals surface area contributed by atoms with E-state index in [1.807, 2.05) is 49.4 Å². The first-order chi connectivity index (χ1) is 17.5. The summed E-state index contributed by atoms with van der Waals surface area (Å²) in [7, 11) is 0. The van der Waals surface area contributed by atoms with Crippen LogP contribution in [0, 0.1) is 6.92 Å². The van der Waals surface area contributed by atoms with Gasteiger partial charge < -0.3 is 15.0 Å². The molecule has 0 radical (unpaired) electrons. The van der Waals surface area contributed by atoms with Crippen molar-refractivity contribution in [2.24, 2.45) is 0 Å². The molecule has 0 aliphatic carbocycles. The lowest BCUT2D eigenvalue weighted by atomic mass is 10.0. The highest BCUT2D eigenvalue weighted by molar-refractivity contribution is 6.22. The van der Waals surface area contributed by atoms with Gasteiger partial charge in [0.2, 0.25) is 0 Å². The second-order valence-corrected chi connectivity index (χ2v) is 9.20. The monoisotopic (exact) mass is 480 g/mol. The molecule has 1 unspecified atom stereocenters. The number of para-hydroxylation sites is 2. The summed E-state index contributed by atoms with van der Waals surface area (Å²) < 4.78 is 5.59. The fraction of sp³-hybridized carbons (Fsp3) is 0.214. The Morgan fingerprint density at radius 3 is 2.72 bits per heavy atom. The highest BCUT2D eigenvalue weighted by atomic mass is 16.5. The summed E-state index contributed by atoms with van der Waals surface area (Å²) in [6.45, 7) is 2.79. The predicted octanol–water partition coefficient (Wildman–Crippen LogP) is 4.57. The summed E-state index contributed by atoms with van der Waals surface area (Å²) in [5.74, 6) is -0.379. The van der Waals surface area contributed by atoms with Crippen molar-refractivity contribution in [1.82, 2.24) is 14.9 Å². The third kappa shape index (κ3) is 3.85. The van der Waals surface area contributed by atoms with Crippen LogP contribution in [0.25, 0.3) is 22.4 Å². The van der Waals surface area contributed by atoms with Crippen molar-refractivity contribution < 1.29 is 19.1 Å². The lowest BCUT2D eigenvalue weighted by Gasteiger charge is -2.17.